The summed E-state index contributed by atoms with van der Waals surface area (Å²) in [6.45, 7) is 5.44. The molecule has 0 bridgehead atoms. The number of fused-ring (bicyclic) bond motifs is 1. The predicted molar refractivity (Wildman–Crippen MR) is 76.3 cm³/mol. The van der Waals surface area contributed by atoms with Crippen molar-refractivity contribution < 1.29 is 48.7 Å². The van der Waals surface area contributed by atoms with Crippen molar-refractivity contribution in [1.82, 2.24) is 10.3 Å². The minimum atomic E-state index is -1.39. The van der Waals surface area contributed by atoms with Gasteiger partial charge in [0.05, 0.1) is 12.2 Å². The van der Waals surface area contributed by atoms with Crippen molar-refractivity contribution in [2.75, 3.05) is 0 Å². The van der Waals surface area contributed by atoms with Gasteiger partial charge in [-0.05, 0) is 25.0 Å². The van der Waals surface area contributed by atoms with E-state index in [9.17, 15) is 14.7 Å². The Labute approximate surface area is 154 Å². The molecule has 1 atom stereocenters. The zero-order valence-electron chi connectivity index (χ0n) is 13.3. The zero-order valence-corrected chi connectivity index (χ0v) is 15.3. The molecule has 0 saturated heterocycles. The van der Waals surface area contributed by atoms with E-state index in [2.05, 4.69) is 15.3 Å². The van der Waals surface area contributed by atoms with E-state index >= 15 is 0 Å². The number of amidine groups is 1. The van der Waals surface area contributed by atoms with E-state index in [1.165, 1.54) is 12.3 Å². The quantitative estimate of drug-likeness (QED) is 0.628. The number of hydrogen-bond acceptors (Lipinski definition) is 6. The summed E-state index contributed by atoms with van der Waals surface area (Å²) in [5.74, 6) is -1.61. The van der Waals surface area contributed by atoms with Crippen LogP contribution in [0.1, 0.15) is 36.8 Å². The first-order valence-electron chi connectivity index (χ1n) is 6.84. The fourth-order valence-corrected chi connectivity index (χ4v) is 2.28. The van der Waals surface area contributed by atoms with Gasteiger partial charge in [0.2, 0.25) is 5.71 Å². The first kappa shape index (κ1) is 17.7. The van der Waals surface area contributed by atoms with Crippen LogP contribution in [-0.2, 0) is 4.79 Å². The maximum absolute atomic E-state index is 12.2. The summed E-state index contributed by atoms with van der Waals surface area (Å²) in [4.78, 5) is 32.1. The van der Waals surface area contributed by atoms with Crippen LogP contribution < -0.4 is 40.0 Å². The van der Waals surface area contributed by atoms with E-state index in [0.717, 1.165) is 0 Å². The van der Waals surface area contributed by atoms with Crippen LogP contribution >= 0.6 is 0 Å². The Hall–Kier alpha value is -1.70. The van der Waals surface area contributed by atoms with Gasteiger partial charge in [-0.15, -0.1) is 0 Å². The molecular weight excluding hydrogens is 309 g/mol. The Bertz CT molecular complexity index is 827. The minimum Gasteiger partial charge on any atom is -0.545 e. The summed E-state index contributed by atoms with van der Waals surface area (Å²) in [5, 5.41) is 14.5. The zero-order chi connectivity index (χ0) is 16.1. The molecule has 1 unspecified atom stereocenters. The molecule has 2 aromatic heterocycles. The number of carbonyl (C=O) groups excluding carboxylic acids is 2. The Morgan fingerprint density at radius 3 is 2.70 bits per heavy atom. The average Bonchev–Trinajstić information content (AvgIpc) is 3.02. The molecule has 114 valence electrons. The molecule has 1 N–H and O–H groups in total. The fraction of sp³-hybridized carbons (Fsp3) is 0.333. The molecule has 0 radical (unpaired) electrons. The molecule has 3 heterocycles. The number of pyridine rings is 1. The van der Waals surface area contributed by atoms with Crippen molar-refractivity contribution in [1.29, 1.82) is 0 Å². The van der Waals surface area contributed by atoms with Gasteiger partial charge in [0, 0.05) is 10.9 Å². The smallest absolute Gasteiger partial charge is 0.545 e. The van der Waals surface area contributed by atoms with Crippen LogP contribution in [0.15, 0.2) is 27.8 Å². The Balaban J connectivity index is 0.00000192. The van der Waals surface area contributed by atoms with Crippen LogP contribution in [-0.4, -0.2) is 28.2 Å². The Morgan fingerprint density at radius 2 is 2.13 bits per heavy atom. The fourth-order valence-electron chi connectivity index (χ4n) is 2.28. The first-order valence-corrected chi connectivity index (χ1v) is 6.84. The van der Waals surface area contributed by atoms with Crippen molar-refractivity contribution in [2.24, 2.45) is 10.9 Å². The van der Waals surface area contributed by atoms with E-state index in [1.54, 1.807) is 13.0 Å². The van der Waals surface area contributed by atoms with E-state index in [1.807, 2.05) is 13.8 Å². The third-order valence-electron chi connectivity index (χ3n) is 4.05. The molecule has 1 aliphatic heterocycles. The van der Waals surface area contributed by atoms with Gasteiger partial charge in [-0.3, -0.25) is 4.79 Å². The second-order valence-electron chi connectivity index (χ2n) is 5.70. The van der Waals surface area contributed by atoms with Gasteiger partial charge in [-0.25, -0.2) is 9.98 Å². The third kappa shape index (κ3) is 2.80. The molecule has 1 aliphatic rings. The molecule has 0 aliphatic carbocycles. The summed E-state index contributed by atoms with van der Waals surface area (Å²) in [6.07, 6.45) is 1.41. The number of furan rings is 1. The van der Waals surface area contributed by atoms with Crippen LogP contribution in [0.2, 0.25) is 0 Å². The van der Waals surface area contributed by atoms with Gasteiger partial charge >= 0.3 is 29.6 Å². The number of nitrogens with one attached hydrogen (secondary N) is 1. The number of nitrogens with zero attached hydrogens (tertiary/aromatic N) is 2. The largest absolute Gasteiger partial charge is 1.00 e. The number of aliphatic imine (C=N–C) groups is 1. The number of hydrogen-bond donors (Lipinski definition) is 1. The third-order valence-corrected chi connectivity index (χ3v) is 4.05. The molecule has 0 saturated carbocycles. The van der Waals surface area contributed by atoms with Crippen molar-refractivity contribution in [3.63, 3.8) is 0 Å². The molecule has 0 aromatic carbocycles. The Kier molecular flexibility index (Phi) is 4.66. The normalized spacial score (nSPS) is 20.3. The molecule has 0 fully saturated rings. The van der Waals surface area contributed by atoms with Gasteiger partial charge in [0.15, 0.2) is 5.84 Å². The second kappa shape index (κ2) is 6.07. The van der Waals surface area contributed by atoms with Crippen LogP contribution in [0, 0.1) is 5.92 Å². The summed E-state index contributed by atoms with van der Waals surface area (Å²) in [7, 11) is 0. The van der Waals surface area contributed by atoms with Gasteiger partial charge in [-0.2, -0.15) is 0 Å². The molecule has 0 spiro atoms. The standard InChI is InChI=1S/C15H15N3O4.Na/c1-7(2)15(3)14(21)17-11(18-15)10-9(13(19)20)6-8-4-5-22-12(8)16-10;/h4-7H,1-3H3,(H,19,20)(H,17,18,21);/q;+1/p-1. The van der Waals surface area contributed by atoms with E-state index in [0.29, 0.717) is 5.39 Å². The van der Waals surface area contributed by atoms with Gasteiger partial charge < -0.3 is 19.6 Å². The number of carboxylic acid groups (broad SMARTS) is 1. The van der Waals surface area contributed by atoms with Crippen LogP contribution in [0.3, 0.4) is 0 Å². The van der Waals surface area contributed by atoms with Gasteiger partial charge in [-0.1, -0.05) is 13.8 Å². The van der Waals surface area contributed by atoms with Crippen molar-refractivity contribution in [3.05, 3.63) is 29.7 Å². The van der Waals surface area contributed by atoms with Crippen molar-refractivity contribution in [3.8, 4) is 0 Å². The number of carboxylic acids is 1. The molecule has 2 aromatic rings. The van der Waals surface area contributed by atoms with Crippen LogP contribution in [0.25, 0.3) is 11.1 Å². The molecule has 8 heteroatoms. The summed E-state index contributed by atoms with van der Waals surface area (Å²) < 4.78 is 5.19. The molecule has 3 rings (SSSR count). The number of aromatic carboxylic acids is 1. The number of amides is 1. The SMILES string of the molecule is CC(C)C1(C)N=C(c2nc3occc3cc2C(=O)[O-])NC1=O.[Na+]. The molecular formula is C15H14N3NaO4. The van der Waals surface area contributed by atoms with Crippen molar-refractivity contribution in [2.45, 2.75) is 26.3 Å². The maximum atomic E-state index is 12.2. The average molecular weight is 323 g/mol. The van der Waals surface area contributed by atoms with E-state index in [4.69, 9.17) is 4.42 Å². The maximum Gasteiger partial charge on any atom is 1.00 e. The van der Waals surface area contributed by atoms with Gasteiger partial charge in [0.1, 0.15) is 11.2 Å². The number of carbonyl (C=O) groups is 2. The monoisotopic (exact) mass is 323 g/mol. The second-order valence-corrected chi connectivity index (χ2v) is 5.70. The van der Waals surface area contributed by atoms with E-state index < -0.39 is 11.5 Å². The van der Waals surface area contributed by atoms with Gasteiger partial charge in [0.25, 0.3) is 5.91 Å². The van der Waals surface area contributed by atoms with E-state index in [-0.39, 0.29) is 64.2 Å². The van der Waals surface area contributed by atoms with Crippen molar-refractivity contribution >= 4 is 28.8 Å². The summed E-state index contributed by atoms with van der Waals surface area (Å²) >= 11 is 0. The van der Waals surface area contributed by atoms with Crippen LogP contribution in [0.4, 0.5) is 0 Å². The summed E-state index contributed by atoms with van der Waals surface area (Å²) in [6, 6.07) is 3.00. The predicted octanol–water partition coefficient (Wildman–Crippen LogP) is -2.51. The Morgan fingerprint density at radius 1 is 1.43 bits per heavy atom. The number of aromatic nitrogens is 1. The molecule has 23 heavy (non-hydrogen) atoms. The molecule has 7 nitrogen and oxygen atoms in total. The topological polar surface area (TPSA) is 108 Å². The molecule has 1 amide bonds. The van der Waals surface area contributed by atoms with Crippen LogP contribution in [0.5, 0.6) is 0 Å². The number of rotatable bonds is 3. The summed E-state index contributed by atoms with van der Waals surface area (Å²) in [5.41, 5.74) is -0.783. The first-order chi connectivity index (χ1) is 10.3. The minimum absolute atomic E-state index is 0.